The molecule has 0 saturated carbocycles. The average Bonchev–Trinajstić information content (AvgIpc) is 2.54. The summed E-state index contributed by atoms with van der Waals surface area (Å²) in [6.07, 6.45) is 1.23. The molecule has 1 aromatic rings. The zero-order valence-electron chi connectivity index (χ0n) is 9.53. The largest absolute Gasteiger partial charge is 0.481 e. The number of hydrogen-bond acceptors (Lipinski definition) is 2. The second-order valence-corrected chi connectivity index (χ2v) is 3.74. The summed E-state index contributed by atoms with van der Waals surface area (Å²) in [5, 5.41) is 13.3. The van der Waals surface area contributed by atoms with Gasteiger partial charge in [-0.25, -0.2) is 0 Å². The van der Waals surface area contributed by atoms with Gasteiger partial charge in [0.1, 0.15) is 0 Å². The maximum absolute atomic E-state index is 10.9. The molecule has 0 aromatic carbocycles. The fourth-order valence-electron chi connectivity index (χ4n) is 1.70. The maximum atomic E-state index is 10.9. The molecular weight excluding hydrogens is 192 g/mol. The van der Waals surface area contributed by atoms with Crippen LogP contribution in [0.15, 0.2) is 6.07 Å². The van der Waals surface area contributed by atoms with Gasteiger partial charge in [0.05, 0.1) is 11.6 Å². The number of nitrogens with zero attached hydrogens (tertiary/aromatic N) is 2. The fourth-order valence-corrected chi connectivity index (χ4v) is 1.70. The molecule has 0 aliphatic carbocycles. The predicted octanol–water partition coefficient (Wildman–Crippen LogP) is 1.86. The summed E-state index contributed by atoms with van der Waals surface area (Å²) in [4.78, 5) is 10.9. The molecule has 0 aliphatic heterocycles. The van der Waals surface area contributed by atoms with Crippen molar-refractivity contribution in [3.8, 4) is 0 Å². The Kier molecular flexibility index (Phi) is 3.88. The zero-order chi connectivity index (χ0) is 11.4. The molecule has 15 heavy (non-hydrogen) atoms. The van der Waals surface area contributed by atoms with E-state index in [2.05, 4.69) is 5.10 Å². The van der Waals surface area contributed by atoms with Crippen LogP contribution in [0.1, 0.15) is 31.7 Å². The molecule has 1 atom stereocenters. The monoisotopic (exact) mass is 210 g/mol. The maximum Gasteiger partial charge on any atom is 0.306 e. The van der Waals surface area contributed by atoms with Gasteiger partial charge < -0.3 is 5.11 Å². The Labute approximate surface area is 89.9 Å². The van der Waals surface area contributed by atoms with Gasteiger partial charge >= 0.3 is 5.97 Å². The van der Waals surface area contributed by atoms with Gasteiger partial charge in [0.2, 0.25) is 0 Å². The number of carboxylic acid groups (broad SMARTS) is 1. The first kappa shape index (κ1) is 11.8. The van der Waals surface area contributed by atoms with Crippen molar-refractivity contribution in [3.63, 3.8) is 0 Å². The highest BCUT2D eigenvalue weighted by Crippen LogP contribution is 2.13. The standard InChI is InChI=1S/C11H18N2O2/c1-4-9(11(14)15)7-10-6-8(3)12-13(10)5-2/h6,9H,4-5,7H2,1-3H3,(H,14,15). The molecule has 0 radical (unpaired) electrons. The van der Waals surface area contributed by atoms with E-state index in [1.54, 1.807) is 0 Å². The normalized spacial score (nSPS) is 12.7. The first-order valence-electron chi connectivity index (χ1n) is 5.34. The van der Waals surface area contributed by atoms with E-state index in [0.29, 0.717) is 12.8 Å². The van der Waals surface area contributed by atoms with Crippen molar-refractivity contribution in [2.75, 3.05) is 0 Å². The minimum absolute atomic E-state index is 0.300. The highest BCUT2D eigenvalue weighted by atomic mass is 16.4. The Morgan fingerprint density at radius 2 is 2.27 bits per heavy atom. The minimum Gasteiger partial charge on any atom is -0.481 e. The lowest BCUT2D eigenvalue weighted by Gasteiger charge is -2.10. The molecule has 0 aliphatic rings. The SMILES string of the molecule is CCC(Cc1cc(C)nn1CC)C(=O)O. The number of carbonyl (C=O) groups is 1. The average molecular weight is 210 g/mol. The minimum atomic E-state index is -0.723. The molecule has 4 heteroatoms. The molecule has 0 amide bonds. The number of aromatic nitrogens is 2. The van der Waals surface area contributed by atoms with Crippen molar-refractivity contribution < 1.29 is 9.90 Å². The number of rotatable bonds is 5. The van der Waals surface area contributed by atoms with E-state index in [-0.39, 0.29) is 5.92 Å². The van der Waals surface area contributed by atoms with Gasteiger partial charge in [0, 0.05) is 18.7 Å². The Balaban J connectivity index is 2.82. The van der Waals surface area contributed by atoms with Crippen molar-refractivity contribution in [1.82, 2.24) is 9.78 Å². The van der Waals surface area contributed by atoms with E-state index in [0.717, 1.165) is 17.9 Å². The van der Waals surface area contributed by atoms with Crippen LogP contribution in [0, 0.1) is 12.8 Å². The quantitative estimate of drug-likeness (QED) is 0.807. The summed E-state index contributed by atoms with van der Waals surface area (Å²) in [6, 6.07) is 1.97. The van der Waals surface area contributed by atoms with Crippen LogP contribution >= 0.6 is 0 Å². The van der Waals surface area contributed by atoms with Crippen LogP contribution in [-0.2, 0) is 17.8 Å². The van der Waals surface area contributed by atoms with Gasteiger partial charge in [0.15, 0.2) is 0 Å². The summed E-state index contributed by atoms with van der Waals surface area (Å²) in [7, 11) is 0. The smallest absolute Gasteiger partial charge is 0.306 e. The van der Waals surface area contributed by atoms with Gasteiger partial charge in [-0.1, -0.05) is 6.92 Å². The van der Waals surface area contributed by atoms with Gasteiger partial charge in [-0.15, -0.1) is 0 Å². The summed E-state index contributed by atoms with van der Waals surface area (Å²) in [5.74, 6) is -1.02. The van der Waals surface area contributed by atoms with Crippen LogP contribution in [0.3, 0.4) is 0 Å². The number of aliphatic carboxylic acids is 1. The number of hydrogen-bond donors (Lipinski definition) is 1. The second kappa shape index (κ2) is 4.96. The number of carboxylic acids is 1. The first-order valence-corrected chi connectivity index (χ1v) is 5.34. The van der Waals surface area contributed by atoms with Gasteiger partial charge in [-0.2, -0.15) is 5.10 Å². The van der Waals surface area contributed by atoms with Gasteiger partial charge in [-0.05, 0) is 26.3 Å². The van der Waals surface area contributed by atoms with Gasteiger partial charge in [0.25, 0.3) is 0 Å². The molecule has 4 nitrogen and oxygen atoms in total. The Morgan fingerprint density at radius 1 is 1.60 bits per heavy atom. The molecule has 84 valence electrons. The Bertz CT molecular complexity index is 344. The van der Waals surface area contributed by atoms with E-state index in [1.165, 1.54) is 0 Å². The van der Waals surface area contributed by atoms with E-state index in [1.807, 2.05) is 31.5 Å². The first-order chi connectivity index (χ1) is 7.08. The molecule has 1 N–H and O–H groups in total. The molecule has 1 unspecified atom stereocenters. The predicted molar refractivity (Wildman–Crippen MR) is 57.8 cm³/mol. The Hall–Kier alpha value is -1.32. The van der Waals surface area contributed by atoms with Crippen molar-refractivity contribution in [3.05, 3.63) is 17.5 Å². The van der Waals surface area contributed by atoms with Crippen molar-refractivity contribution in [1.29, 1.82) is 0 Å². The molecular formula is C11H18N2O2. The second-order valence-electron chi connectivity index (χ2n) is 3.74. The highest BCUT2D eigenvalue weighted by Gasteiger charge is 2.18. The molecule has 1 aromatic heterocycles. The topological polar surface area (TPSA) is 55.1 Å². The van der Waals surface area contributed by atoms with Crippen molar-refractivity contribution in [2.24, 2.45) is 5.92 Å². The van der Waals surface area contributed by atoms with Crippen molar-refractivity contribution in [2.45, 2.75) is 40.2 Å². The highest BCUT2D eigenvalue weighted by molar-refractivity contribution is 5.70. The van der Waals surface area contributed by atoms with E-state index in [4.69, 9.17) is 5.11 Å². The zero-order valence-corrected chi connectivity index (χ0v) is 9.53. The van der Waals surface area contributed by atoms with Crippen molar-refractivity contribution >= 4 is 5.97 Å². The summed E-state index contributed by atoms with van der Waals surface area (Å²) >= 11 is 0. The third-order valence-electron chi connectivity index (χ3n) is 2.58. The molecule has 1 heterocycles. The van der Waals surface area contributed by atoms with E-state index in [9.17, 15) is 4.79 Å². The molecule has 0 spiro atoms. The lowest BCUT2D eigenvalue weighted by atomic mass is 10.0. The molecule has 0 saturated heterocycles. The lowest BCUT2D eigenvalue weighted by Crippen LogP contribution is -2.17. The van der Waals surface area contributed by atoms with Crippen LogP contribution < -0.4 is 0 Å². The Morgan fingerprint density at radius 3 is 2.73 bits per heavy atom. The summed E-state index contributed by atoms with van der Waals surface area (Å²) < 4.78 is 1.88. The lowest BCUT2D eigenvalue weighted by molar-refractivity contribution is -0.141. The van der Waals surface area contributed by atoms with Crippen LogP contribution in [-0.4, -0.2) is 20.9 Å². The fraction of sp³-hybridized carbons (Fsp3) is 0.636. The van der Waals surface area contributed by atoms with E-state index >= 15 is 0 Å². The molecule has 1 rings (SSSR count). The molecule has 0 fully saturated rings. The van der Waals surface area contributed by atoms with Crippen LogP contribution in [0.25, 0.3) is 0 Å². The van der Waals surface area contributed by atoms with Crippen LogP contribution in [0.4, 0.5) is 0 Å². The van der Waals surface area contributed by atoms with Crippen LogP contribution in [0.2, 0.25) is 0 Å². The van der Waals surface area contributed by atoms with Crippen LogP contribution in [0.5, 0.6) is 0 Å². The summed E-state index contributed by atoms with van der Waals surface area (Å²) in [5.41, 5.74) is 1.97. The van der Waals surface area contributed by atoms with E-state index < -0.39 is 5.97 Å². The third-order valence-corrected chi connectivity index (χ3v) is 2.58. The number of aryl methyl sites for hydroxylation is 2. The third kappa shape index (κ3) is 2.81. The van der Waals surface area contributed by atoms with Gasteiger partial charge in [-0.3, -0.25) is 9.48 Å². The molecule has 0 bridgehead atoms. The summed E-state index contributed by atoms with van der Waals surface area (Å²) in [6.45, 7) is 6.63.